The van der Waals surface area contributed by atoms with E-state index in [1.165, 1.54) is 12.3 Å². The number of aromatic carboxylic acids is 1. The highest BCUT2D eigenvalue weighted by Crippen LogP contribution is 2.22. The topological polar surface area (TPSA) is 68.5 Å². The van der Waals surface area contributed by atoms with Crippen LogP contribution in [-0.4, -0.2) is 28.4 Å². The molecule has 2 atom stereocenters. The molecule has 1 fully saturated rings. The maximum Gasteiger partial charge on any atom is 0.341 e. The van der Waals surface area contributed by atoms with E-state index in [9.17, 15) is 9.59 Å². The second kappa shape index (κ2) is 4.94. The molecule has 0 bridgehead atoms. The van der Waals surface area contributed by atoms with Crippen molar-refractivity contribution < 1.29 is 14.6 Å². The van der Waals surface area contributed by atoms with Gasteiger partial charge in [-0.3, -0.25) is 4.79 Å². The third-order valence-electron chi connectivity index (χ3n) is 3.54. The lowest BCUT2D eigenvalue weighted by molar-refractivity contribution is 0.0694. The largest absolute Gasteiger partial charge is 0.477 e. The zero-order chi connectivity index (χ0) is 13.3. The number of carboxylic acid groups (broad SMARTS) is 1. The van der Waals surface area contributed by atoms with Crippen LogP contribution >= 0.6 is 0 Å². The summed E-state index contributed by atoms with van der Waals surface area (Å²) in [6.07, 6.45) is 2.58. The average Bonchev–Trinajstić information content (AvgIpc) is 2.67. The third-order valence-corrected chi connectivity index (χ3v) is 3.54. The molecule has 1 N–H and O–H groups in total. The van der Waals surface area contributed by atoms with Gasteiger partial charge in [-0.1, -0.05) is 0 Å². The average molecular weight is 251 g/mol. The van der Waals surface area contributed by atoms with Gasteiger partial charge in [0.15, 0.2) is 5.43 Å². The number of carbonyl (C=O) groups is 1. The minimum Gasteiger partial charge on any atom is -0.477 e. The molecule has 0 saturated carbocycles. The molecule has 5 heteroatoms. The molecule has 2 unspecified atom stereocenters. The molecule has 2 heterocycles. The van der Waals surface area contributed by atoms with Gasteiger partial charge in [0.1, 0.15) is 5.56 Å². The third kappa shape index (κ3) is 2.46. The summed E-state index contributed by atoms with van der Waals surface area (Å²) >= 11 is 0. The zero-order valence-corrected chi connectivity index (χ0v) is 10.5. The molecule has 2 rings (SSSR count). The van der Waals surface area contributed by atoms with Gasteiger partial charge in [0.25, 0.3) is 0 Å². The van der Waals surface area contributed by atoms with Crippen molar-refractivity contribution >= 4 is 5.97 Å². The van der Waals surface area contributed by atoms with E-state index in [1.54, 1.807) is 0 Å². The Bertz CT molecular complexity index is 520. The lowest BCUT2D eigenvalue weighted by Crippen LogP contribution is -2.23. The van der Waals surface area contributed by atoms with Gasteiger partial charge in [0, 0.05) is 37.0 Å². The summed E-state index contributed by atoms with van der Waals surface area (Å²) in [5.74, 6) is -0.808. The van der Waals surface area contributed by atoms with Crippen molar-refractivity contribution in [2.24, 2.45) is 5.92 Å². The predicted octanol–water partition coefficient (Wildman–Crippen LogP) is 1.28. The monoisotopic (exact) mass is 251 g/mol. The fraction of sp³-hybridized carbons (Fsp3) is 0.538. The predicted molar refractivity (Wildman–Crippen MR) is 65.9 cm³/mol. The first-order chi connectivity index (χ1) is 8.49. The maximum absolute atomic E-state index is 11.5. The highest BCUT2D eigenvalue weighted by Gasteiger charge is 2.25. The highest BCUT2D eigenvalue weighted by molar-refractivity contribution is 5.87. The van der Waals surface area contributed by atoms with Gasteiger partial charge in [0.2, 0.25) is 0 Å². The van der Waals surface area contributed by atoms with E-state index in [2.05, 4.69) is 0 Å². The van der Waals surface area contributed by atoms with Gasteiger partial charge in [-0.05, 0) is 20.3 Å². The van der Waals surface area contributed by atoms with Gasteiger partial charge in [0.05, 0.1) is 6.10 Å². The fourth-order valence-corrected chi connectivity index (χ4v) is 2.30. The number of aromatic nitrogens is 1. The molecule has 1 aromatic rings. The Morgan fingerprint density at radius 1 is 1.61 bits per heavy atom. The van der Waals surface area contributed by atoms with Crippen molar-refractivity contribution in [3.05, 3.63) is 33.7 Å². The first kappa shape index (κ1) is 12.8. The molecule has 0 spiro atoms. The summed E-state index contributed by atoms with van der Waals surface area (Å²) < 4.78 is 7.32. The molecule has 1 aromatic heterocycles. The van der Waals surface area contributed by atoms with Crippen molar-refractivity contribution in [1.82, 2.24) is 4.57 Å². The van der Waals surface area contributed by atoms with Crippen LogP contribution in [0.2, 0.25) is 0 Å². The van der Waals surface area contributed by atoms with E-state index in [4.69, 9.17) is 9.84 Å². The number of rotatable bonds is 3. The molecule has 18 heavy (non-hydrogen) atoms. The maximum atomic E-state index is 11.5. The summed E-state index contributed by atoms with van der Waals surface area (Å²) in [5.41, 5.74) is 0.170. The van der Waals surface area contributed by atoms with E-state index in [0.717, 1.165) is 18.7 Å². The van der Waals surface area contributed by atoms with Crippen molar-refractivity contribution in [3.8, 4) is 0 Å². The standard InChI is InChI=1S/C13H17NO4/c1-8-5-12(15)11(13(16)17)7-14(8)6-10-3-4-18-9(10)2/h5,7,9-10H,3-4,6H2,1-2H3,(H,16,17). The molecule has 1 aliphatic rings. The number of ether oxygens (including phenoxy) is 1. The minimum atomic E-state index is -1.18. The normalized spacial score (nSPS) is 23.2. The summed E-state index contributed by atoms with van der Waals surface area (Å²) in [7, 11) is 0. The molecule has 1 aliphatic heterocycles. The van der Waals surface area contributed by atoms with Crippen LogP contribution in [0.15, 0.2) is 17.1 Å². The Balaban J connectivity index is 2.30. The van der Waals surface area contributed by atoms with Crippen LogP contribution in [0.4, 0.5) is 0 Å². The quantitative estimate of drug-likeness (QED) is 0.878. The Hall–Kier alpha value is -1.62. The number of aryl methyl sites for hydroxylation is 1. The van der Waals surface area contributed by atoms with Gasteiger partial charge < -0.3 is 14.4 Å². The van der Waals surface area contributed by atoms with E-state index < -0.39 is 11.4 Å². The van der Waals surface area contributed by atoms with Crippen molar-refractivity contribution in [2.75, 3.05) is 6.61 Å². The Morgan fingerprint density at radius 3 is 2.89 bits per heavy atom. The molecular weight excluding hydrogens is 234 g/mol. The fourth-order valence-electron chi connectivity index (χ4n) is 2.30. The van der Waals surface area contributed by atoms with E-state index in [0.29, 0.717) is 12.5 Å². The van der Waals surface area contributed by atoms with Crippen LogP contribution in [0, 0.1) is 12.8 Å². The molecule has 0 aliphatic carbocycles. The van der Waals surface area contributed by atoms with E-state index >= 15 is 0 Å². The van der Waals surface area contributed by atoms with Crippen LogP contribution in [0.25, 0.3) is 0 Å². The SMILES string of the molecule is Cc1cc(=O)c(C(=O)O)cn1CC1CCOC1C. The van der Waals surface area contributed by atoms with Gasteiger partial charge in [-0.2, -0.15) is 0 Å². The smallest absolute Gasteiger partial charge is 0.341 e. The number of hydrogen-bond acceptors (Lipinski definition) is 3. The lowest BCUT2D eigenvalue weighted by Gasteiger charge is -2.18. The highest BCUT2D eigenvalue weighted by atomic mass is 16.5. The Morgan fingerprint density at radius 2 is 2.33 bits per heavy atom. The van der Waals surface area contributed by atoms with Crippen molar-refractivity contribution in [1.29, 1.82) is 0 Å². The number of nitrogens with zero attached hydrogens (tertiary/aromatic N) is 1. The van der Waals surface area contributed by atoms with Gasteiger partial charge in [-0.25, -0.2) is 4.79 Å². The number of pyridine rings is 1. The van der Waals surface area contributed by atoms with E-state index in [1.807, 2.05) is 18.4 Å². The number of hydrogen-bond donors (Lipinski definition) is 1. The van der Waals surface area contributed by atoms with Crippen LogP contribution in [0.1, 0.15) is 29.4 Å². The first-order valence-corrected chi connectivity index (χ1v) is 6.05. The molecule has 0 aromatic carbocycles. The second-order valence-corrected chi connectivity index (χ2v) is 4.77. The summed E-state index contributed by atoms with van der Waals surface area (Å²) in [6, 6.07) is 1.38. The van der Waals surface area contributed by atoms with Gasteiger partial charge >= 0.3 is 5.97 Å². The molecule has 0 radical (unpaired) electrons. The Labute approximate surface area is 105 Å². The first-order valence-electron chi connectivity index (χ1n) is 6.05. The molecule has 0 amide bonds. The zero-order valence-electron chi connectivity index (χ0n) is 10.5. The van der Waals surface area contributed by atoms with E-state index in [-0.39, 0.29) is 11.7 Å². The van der Waals surface area contributed by atoms with Gasteiger partial charge in [-0.15, -0.1) is 0 Å². The van der Waals surface area contributed by atoms with Crippen LogP contribution in [0.5, 0.6) is 0 Å². The summed E-state index contributed by atoms with van der Waals surface area (Å²) in [4.78, 5) is 22.5. The van der Waals surface area contributed by atoms with Crippen molar-refractivity contribution in [3.63, 3.8) is 0 Å². The summed E-state index contributed by atoms with van der Waals surface area (Å²) in [5, 5.41) is 8.96. The second-order valence-electron chi connectivity index (χ2n) is 4.77. The summed E-state index contributed by atoms with van der Waals surface area (Å²) in [6.45, 7) is 5.27. The molecule has 1 saturated heterocycles. The number of carboxylic acids is 1. The molecule has 5 nitrogen and oxygen atoms in total. The van der Waals surface area contributed by atoms with Crippen LogP contribution in [0.3, 0.4) is 0 Å². The molecule has 98 valence electrons. The van der Waals surface area contributed by atoms with Crippen LogP contribution < -0.4 is 5.43 Å². The molecular formula is C13H17NO4. The van der Waals surface area contributed by atoms with Crippen LogP contribution in [-0.2, 0) is 11.3 Å². The minimum absolute atomic E-state index is 0.174. The lowest BCUT2D eigenvalue weighted by atomic mass is 10.0. The van der Waals surface area contributed by atoms with Crippen molar-refractivity contribution in [2.45, 2.75) is 32.9 Å². The Kier molecular flexibility index (Phi) is 3.52.